The summed E-state index contributed by atoms with van der Waals surface area (Å²) in [4.78, 5) is 24.8. The third kappa shape index (κ3) is 4.72. The molecule has 2 aromatic carbocycles. The highest BCUT2D eigenvalue weighted by Gasteiger charge is 2.20. The summed E-state index contributed by atoms with van der Waals surface area (Å²) < 4.78 is 1.55. The van der Waals surface area contributed by atoms with Gasteiger partial charge in [-0.2, -0.15) is 0 Å². The summed E-state index contributed by atoms with van der Waals surface area (Å²) in [5.74, 6) is 0.182. The highest BCUT2D eigenvalue weighted by molar-refractivity contribution is 8.00. The van der Waals surface area contributed by atoms with E-state index in [4.69, 9.17) is 0 Å². The van der Waals surface area contributed by atoms with Crippen LogP contribution in [0, 0.1) is 0 Å². The van der Waals surface area contributed by atoms with Crippen molar-refractivity contribution in [2.24, 2.45) is 0 Å². The Balaban J connectivity index is 1.72. The number of benzene rings is 2. The molecule has 1 amide bonds. The van der Waals surface area contributed by atoms with Crippen LogP contribution < -0.4 is 11.0 Å². The maximum absolute atomic E-state index is 12.7. The second-order valence-electron chi connectivity index (χ2n) is 6.87. The molecule has 0 bridgehead atoms. The number of anilines is 1. The number of amides is 1. The van der Waals surface area contributed by atoms with Crippen LogP contribution in [0.4, 0.5) is 5.69 Å². The van der Waals surface area contributed by atoms with E-state index in [1.807, 2.05) is 61.5 Å². The molecule has 3 rings (SSSR count). The normalized spacial score (nSPS) is 12.1. The number of hydrogen-bond acceptors (Lipinski definition) is 4. The average Bonchev–Trinajstić information content (AvgIpc) is 3.02. The van der Waals surface area contributed by atoms with E-state index in [0.717, 1.165) is 16.8 Å². The Bertz CT molecular complexity index is 995. The van der Waals surface area contributed by atoms with Crippen LogP contribution in [0.5, 0.6) is 0 Å². The van der Waals surface area contributed by atoms with Crippen molar-refractivity contribution in [3.63, 3.8) is 0 Å². The monoisotopic (exact) mass is 396 g/mol. The topological polar surface area (TPSA) is 79.8 Å². The van der Waals surface area contributed by atoms with Crippen molar-refractivity contribution in [1.29, 1.82) is 0 Å². The Morgan fingerprint density at radius 3 is 2.50 bits per heavy atom. The summed E-state index contributed by atoms with van der Waals surface area (Å²) in [5, 5.41) is 9.66. The van der Waals surface area contributed by atoms with Crippen molar-refractivity contribution in [3.8, 4) is 0 Å². The molecule has 28 heavy (non-hydrogen) atoms. The summed E-state index contributed by atoms with van der Waals surface area (Å²) in [6.07, 6.45) is 0. The van der Waals surface area contributed by atoms with Crippen molar-refractivity contribution in [2.45, 2.75) is 43.6 Å². The summed E-state index contributed by atoms with van der Waals surface area (Å²) in [6.45, 7) is 6.40. The van der Waals surface area contributed by atoms with Crippen LogP contribution in [0.2, 0.25) is 0 Å². The van der Waals surface area contributed by atoms with E-state index in [1.54, 1.807) is 4.57 Å². The maximum atomic E-state index is 12.7. The van der Waals surface area contributed by atoms with Gasteiger partial charge in [0, 0.05) is 5.69 Å². The van der Waals surface area contributed by atoms with Crippen LogP contribution in [0.15, 0.2) is 64.5 Å². The fourth-order valence-corrected chi connectivity index (χ4v) is 3.71. The SMILES string of the molecule is CC(Sc1n[nH]c(=O)n1Cc1ccccc1)C(=O)Nc1ccccc1C(C)C. The molecule has 1 heterocycles. The molecule has 1 aromatic heterocycles. The minimum Gasteiger partial charge on any atom is -0.325 e. The van der Waals surface area contributed by atoms with Crippen LogP contribution in [0.1, 0.15) is 37.8 Å². The van der Waals surface area contributed by atoms with Crippen molar-refractivity contribution in [2.75, 3.05) is 5.32 Å². The number of nitrogens with one attached hydrogen (secondary N) is 2. The largest absolute Gasteiger partial charge is 0.344 e. The second kappa shape index (κ2) is 8.93. The van der Waals surface area contributed by atoms with Gasteiger partial charge in [-0.25, -0.2) is 9.89 Å². The lowest BCUT2D eigenvalue weighted by Crippen LogP contribution is -2.24. The average molecular weight is 397 g/mol. The predicted molar refractivity (Wildman–Crippen MR) is 113 cm³/mol. The van der Waals surface area contributed by atoms with Crippen molar-refractivity contribution >= 4 is 23.4 Å². The van der Waals surface area contributed by atoms with Gasteiger partial charge in [0.05, 0.1) is 11.8 Å². The first-order valence-electron chi connectivity index (χ1n) is 9.21. The van der Waals surface area contributed by atoms with Crippen LogP contribution in [-0.2, 0) is 11.3 Å². The molecule has 1 unspecified atom stereocenters. The lowest BCUT2D eigenvalue weighted by Gasteiger charge is -2.16. The molecule has 6 nitrogen and oxygen atoms in total. The van der Waals surface area contributed by atoms with Gasteiger partial charge in [0.15, 0.2) is 5.16 Å². The first-order valence-corrected chi connectivity index (χ1v) is 10.1. The molecule has 0 saturated carbocycles. The summed E-state index contributed by atoms with van der Waals surface area (Å²) in [5.41, 5.74) is 2.62. The van der Waals surface area contributed by atoms with Gasteiger partial charge in [0.25, 0.3) is 0 Å². The molecule has 146 valence electrons. The summed E-state index contributed by atoms with van der Waals surface area (Å²) >= 11 is 1.26. The Morgan fingerprint density at radius 1 is 1.11 bits per heavy atom. The number of carbonyl (C=O) groups is 1. The zero-order chi connectivity index (χ0) is 20.1. The lowest BCUT2D eigenvalue weighted by atomic mass is 10.0. The zero-order valence-corrected chi connectivity index (χ0v) is 17.0. The number of para-hydroxylation sites is 1. The highest BCUT2D eigenvalue weighted by Crippen LogP contribution is 2.26. The van der Waals surface area contributed by atoms with Gasteiger partial charge in [0.2, 0.25) is 5.91 Å². The maximum Gasteiger partial charge on any atom is 0.344 e. The fraction of sp³-hybridized carbons (Fsp3) is 0.286. The van der Waals surface area contributed by atoms with Crippen molar-refractivity contribution in [1.82, 2.24) is 14.8 Å². The van der Waals surface area contributed by atoms with E-state index in [1.165, 1.54) is 11.8 Å². The van der Waals surface area contributed by atoms with E-state index < -0.39 is 5.25 Å². The van der Waals surface area contributed by atoms with Crippen LogP contribution in [-0.4, -0.2) is 25.9 Å². The smallest absolute Gasteiger partial charge is 0.325 e. The zero-order valence-electron chi connectivity index (χ0n) is 16.2. The lowest BCUT2D eigenvalue weighted by molar-refractivity contribution is -0.115. The predicted octanol–water partition coefficient (Wildman–Crippen LogP) is 3.86. The molecule has 0 aliphatic rings. The van der Waals surface area contributed by atoms with Crippen LogP contribution in [0.25, 0.3) is 0 Å². The second-order valence-corrected chi connectivity index (χ2v) is 8.18. The number of carbonyl (C=O) groups excluding carboxylic acids is 1. The number of nitrogens with zero attached hydrogens (tertiary/aromatic N) is 2. The van der Waals surface area contributed by atoms with Gasteiger partial charge in [-0.15, -0.1) is 5.10 Å². The minimum atomic E-state index is -0.412. The van der Waals surface area contributed by atoms with Crippen LogP contribution >= 0.6 is 11.8 Å². The Labute approximate surface area is 168 Å². The number of aromatic nitrogens is 3. The number of hydrogen-bond donors (Lipinski definition) is 2. The van der Waals surface area contributed by atoms with Gasteiger partial charge >= 0.3 is 5.69 Å². The fourth-order valence-electron chi connectivity index (χ4n) is 2.86. The quantitative estimate of drug-likeness (QED) is 0.594. The first-order chi connectivity index (χ1) is 13.5. The molecule has 0 spiro atoms. The van der Waals surface area contributed by atoms with Gasteiger partial charge < -0.3 is 5.32 Å². The standard InChI is InChI=1S/C21H24N4O2S/c1-14(2)17-11-7-8-12-18(17)22-19(26)15(3)28-21-24-23-20(27)25(21)13-16-9-5-4-6-10-16/h4-12,14-15H,13H2,1-3H3,(H,22,26)(H,23,27). The molecule has 0 saturated heterocycles. The van der Waals surface area contributed by atoms with Gasteiger partial charge in [-0.3, -0.25) is 9.36 Å². The molecule has 7 heteroatoms. The van der Waals surface area contributed by atoms with Gasteiger partial charge in [-0.05, 0) is 30.0 Å². The molecule has 0 fully saturated rings. The Kier molecular flexibility index (Phi) is 6.36. The summed E-state index contributed by atoms with van der Waals surface area (Å²) in [6, 6.07) is 17.5. The molecule has 0 aliphatic carbocycles. The van der Waals surface area contributed by atoms with Crippen molar-refractivity contribution in [3.05, 3.63) is 76.2 Å². The van der Waals surface area contributed by atoms with Crippen molar-refractivity contribution < 1.29 is 4.79 Å². The van der Waals surface area contributed by atoms with E-state index in [9.17, 15) is 9.59 Å². The highest BCUT2D eigenvalue weighted by atomic mass is 32.2. The number of aromatic amines is 1. The van der Waals surface area contributed by atoms with E-state index >= 15 is 0 Å². The molecule has 0 radical (unpaired) electrons. The third-order valence-corrected chi connectivity index (χ3v) is 5.49. The first kappa shape index (κ1) is 19.9. The Hall–Kier alpha value is -2.80. The van der Waals surface area contributed by atoms with Gasteiger partial charge in [0.1, 0.15) is 0 Å². The molecule has 3 aromatic rings. The minimum absolute atomic E-state index is 0.125. The van der Waals surface area contributed by atoms with E-state index in [-0.39, 0.29) is 11.6 Å². The third-order valence-electron chi connectivity index (χ3n) is 4.40. The number of H-pyrrole nitrogens is 1. The van der Waals surface area contributed by atoms with Gasteiger partial charge in [-0.1, -0.05) is 74.1 Å². The van der Waals surface area contributed by atoms with E-state index in [0.29, 0.717) is 17.6 Å². The number of rotatable bonds is 7. The van der Waals surface area contributed by atoms with E-state index in [2.05, 4.69) is 29.4 Å². The molecule has 1 atom stereocenters. The Morgan fingerprint density at radius 2 is 1.79 bits per heavy atom. The molecule has 0 aliphatic heterocycles. The molecule has 2 N–H and O–H groups in total. The molecular formula is C21H24N4O2S. The number of thioether (sulfide) groups is 1. The molecular weight excluding hydrogens is 372 g/mol. The summed E-state index contributed by atoms with van der Waals surface area (Å²) in [7, 11) is 0. The van der Waals surface area contributed by atoms with Crippen LogP contribution in [0.3, 0.4) is 0 Å².